The molecular formula is C16H23NO4S. The molecule has 1 aliphatic rings. The number of ether oxygens (including phenoxy) is 1. The Labute approximate surface area is 134 Å². The first-order chi connectivity index (χ1) is 10.5. The predicted molar refractivity (Wildman–Crippen MR) is 85.4 cm³/mol. The number of rotatable bonds is 6. The minimum atomic E-state index is -0.836. The average molecular weight is 325 g/mol. The molecule has 0 saturated carbocycles. The molecule has 1 atom stereocenters. The minimum absolute atomic E-state index is 0.0374. The number of methoxy groups -OCH3 is 1. The third kappa shape index (κ3) is 3.50. The zero-order valence-corrected chi connectivity index (χ0v) is 13.9. The second kappa shape index (κ2) is 7.24. The number of likely N-dealkylation sites (tertiary alicyclic amines) is 1. The molecule has 1 aromatic heterocycles. The summed E-state index contributed by atoms with van der Waals surface area (Å²) in [4.78, 5) is 26.9. The van der Waals surface area contributed by atoms with Gasteiger partial charge >= 0.3 is 5.97 Å². The summed E-state index contributed by atoms with van der Waals surface area (Å²) in [5.41, 5.74) is 0.123. The van der Waals surface area contributed by atoms with E-state index in [1.165, 1.54) is 11.3 Å². The first-order valence-corrected chi connectivity index (χ1v) is 8.44. The molecule has 122 valence electrons. The van der Waals surface area contributed by atoms with Crippen LogP contribution in [0.25, 0.3) is 0 Å². The topological polar surface area (TPSA) is 66.8 Å². The number of amides is 1. The zero-order valence-electron chi connectivity index (χ0n) is 13.1. The molecule has 1 saturated heterocycles. The number of hydrogen-bond acceptors (Lipinski definition) is 4. The van der Waals surface area contributed by atoms with Crippen molar-refractivity contribution in [3.63, 3.8) is 0 Å². The highest BCUT2D eigenvalue weighted by atomic mass is 32.1. The van der Waals surface area contributed by atoms with E-state index in [9.17, 15) is 14.7 Å². The van der Waals surface area contributed by atoms with Gasteiger partial charge in [-0.3, -0.25) is 9.59 Å². The second-order valence-corrected chi connectivity index (χ2v) is 6.86. The van der Waals surface area contributed by atoms with E-state index in [0.717, 1.165) is 16.9 Å². The number of hydrogen-bond donors (Lipinski definition) is 1. The van der Waals surface area contributed by atoms with Gasteiger partial charge in [0, 0.05) is 26.8 Å². The van der Waals surface area contributed by atoms with Crippen molar-refractivity contribution < 1.29 is 19.4 Å². The van der Waals surface area contributed by atoms with Gasteiger partial charge in [0.25, 0.3) is 5.91 Å². The number of carboxylic acids is 1. The Morgan fingerprint density at radius 1 is 1.50 bits per heavy atom. The van der Waals surface area contributed by atoms with E-state index in [1.807, 2.05) is 18.4 Å². The Morgan fingerprint density at radius 2 is 2.27 bits per heavy atom. The van der Waals surface area contributed by atoms with Gasteiger partial charge in [0.1, 0.15) is 0 Å². The van der Waals surface area contributed by atoms with Gasteiger partial charge < -0.3 is 14.7 Å². The Morgan fingerprint density at radius 3 is 2.86 bits per heavy atom. The monoisotopic (exact) mass is 325 g/mol. The third-order valence-corrected chi connectivity index (χ3v) is 5.38. The van der Waals surface area contributed by atoms with Crippen LogP contribution >= 0.6 is 11.3 Å². The lowest BCUT2D eigenvalue weighted by Crippen LogP contribution is -2.50. The van der Waals surface area contributed by atoms with E-state index >= 15 is 0 Å². The average Bonchev–Trinajstić information content (AvgIpc) is 2.93. The number of nitrogens with zero attached hydrogens (tertiary/aromatic N) is 1. The van der Waals surface area contributed by atoms with Crippen molar-refractivity contribution in [2.75, 3.05) is 26.8 Å². The van der Waals surface area contributed by atoms with Gasteiger partial charge in [0.15, 0.2) is 0 Å². The fourth-order valence-corrected chi connectivity index (χ4v) is 3.97. The van der Waals surface area contributed by atoms with Gasteiger partial charge in [0.2, 0.25) is 0 Å². The van der Waals surface area contributed by atoms with E-state index in [0.29, 0.717) is 39.0 Å². The number of thiophene rings is 1. The maximum Gasteiger partial charge on any atom is 0.311 e. The van der Waals surface area contributed by atoms with Crippen molar-refractivity contribution in [1.29, 1.82) is 0 Å². The van der Waals surface area contributed by atoms with Crippen LogP contribution in [0.3, 0.4) is 0 Å². The largest absolute Gasteiger partial charge is 0.481 e. The molecule has 22 heavy (non-hydrogen) atoms. The molecule has 0 bridgehead atoms. The van der Waals surface area contributed by atoms with E-state index in [2.05, 4.69) is 0 Å². The van der Waals surface area contributed by atoms with E-state index < -0.39 is 11.4 Å². The quantitative estimate of drug-likeness (QED) is 0.817. The molecule has 1 N–H and O–H groups in total. The smallest absolute Gasteiger partial charge is 0.311 e. The number of aliphatic carboxylic acids is 1. The maximum atomic E-state index is 12.6. The summed E-state index contributed by atoms with van der Waals surface area (Å²) in [6.45, 7) is 3.39. The second-order valence-electron chi connectivity index (χ2n) is 5.94. The summed E-state index contributed by atoms with van der Waals surface area (Å²) in [6, 6.07) is 1.92. The van der Waals surface area contributed by atoms with Crippen LogP contribution in [0, 0.1) is 12.3 Å². The van der Waals surface area contributed by atoms with Gasteiger partial charge in [-0.1, -0.05) is 0 Å². The maximum absolute atomic E-state index is 12.6. The predicted octanol–water partition coefficient (Wildman–Crippen LogP) is 2.79. The molecule has 2 heterocycles. The number of aryl methyl sites for hydroxylation is 1. The molecule has 2 rings (SSSR count). The molecule has 1 unspecified atom stereocenters. The van der Waals surface area contributed by atoms with Crippen molar-refractivity contribution in [2.45, 2.75) is 32.6 Å². The number of carboxylic acid groups (broad SMARTS) is 1. The van der Waals surface area contributed by atoms with Gasteiger partial charge in [0.05, 0.1) is 10.3 Å². The summed E-state index contributed by atoms with van der Waals surface area (Å²) in [6.07, 6.45) is 2.60. The van der Waals surface area contributed by atoms with Crippen molar-refractivity contribution in [3.8, 4) is 0 Å². The number of piperidine rings is 1. The van der Waals surface area contributed by atoms with Crippen LogP contribution < -0.4 is 0 Å². The number of carbonyl (C=O) groups is 2. The van der Waals surface area contributed by atoms with Crippen LogP contribution in [0.5, 0.6) is 0 Å². The summed E-state index contributed by atoms with van der Waals surface area (Å²) < 4.78 is 5.03. The van der Waals surface area contributed by atoms with Gasteiger partial charge in [-0.2, -0.15) is 0 Å². The molecule has 0 radical (unpaired) electrons. The van der Waals surface area contributed by atoms with Crippen LogP contribution in [-0.4, -0.2) is 48.7 Å². The molecule has 1 fully saturated rings. The van der Waals surface area contributed by atoms with Gasteiger partial charge in [-0.25, -0.2) is 0 Å². The van der Waals surface area contributed by atoms with Crippen molar-refractivity contribution in [2.24, 2.45) is 5.41 Å². The third-order valence-electron chi connectivity index (χ3n) is 4.38. The summed E-state index contributed by atoms with van der Waals surface area (Å²) >= 11 is 1.42. The van der Waals surface area contributed by atoms with Crippen LogP contribution in [0.4, 0.5) is 0 Å². The fraction of sp³-hybridized carbons (Fsp3) is 0.625. The fourth-order valence-electron chi connectivity index (χ4n) is 3.08. The van der Waals surface area contributed by atoms with E-state index in [-0.39, 0.29) is 5.91 Å². The molecule has 1 amide bonds. The first kappa shape index (κ1) is 17.0. The molecule has 1 aliphatic heterocycles. The highest BCUT2D eigenvalue weighted by Gasteiger charge is 2.43. The standard InChI is InChI=1S/C16H23NO4S/c1-12-5-10-22-13(12)14(18)17-8-3-6-16(11-17,15(19)20)7-4-9-21-2/h5,10H,3-4,6-9,11H2,1-2H3,(H,19,20). The normalized spacial score (nSPS) is 21.8. The molecular weight excluding hydrogens is 302 g/mol. The lowest BCUT2D eigenvalue weighted by Gasteiger charge is -2.40. The van der Waals surface area contributed by atoms with E-state index in [4.69, 9.17) is 4.74 Å². The Kier molecular flexibility index (Phi) is 5.58. The van der Waals surface area contributed by atoms with E-state index in [1.54, 1.807) is 12.0 Å². The molecule has 5 nitrogen and oxygen atoms in total. The summed E-state index contributed by atoms with van der Waals surface area (Å²) in [5.74, 6) is -0.839. The van der Waals surface area contributed by atoms with Crippen LogP contribution in [0.15, 0.2) is 11.4 Å². The first-order valence-electron chi connectivity index (χ1n) is 7.56. The molecule has 1 aromatic rings. The molecule has 0 spiro atoms. The van der Waals surface area contributed by atoms with Crippen LogP contribution in [-0.2, 0) is 9.53 Å². The highest BCUT2D eigenvalue weighted by Crippen LogP contribution is 2.36. The van der Waals surface area contributed by atoms with Crippen LogP contribution in [0.1, 0.15) is 40.9 Å². The van der Waals surface area contributed by atoms with Gasteiger partial charge in [-0.05, 0) is 49.6 Å². The Bertz CT molecular complexity index is 542. The molecule has 6 heteroatoms. The lowest BCUT2D eigenvalue weighted by molar-refractivity contribution is -0.152. The van der Waals surface area contributed by atoms with Crippen molar-refractivity contribution in [3.05, 3.63) is 21.9 Å². The molecule has 0 aliphatic carbocycles. The van der Waals surface area contributed by atoms with Crippen LogP contribution in [0.2, 0.25) is 0 Å². The SMILES string of the molecule is COCCCC1(C(=O)O)CCCN(C(=O)c2sccc2C)C1. The highest BCUT2D eigenvalue weighted by molar-refractivity contribution is 7.12. The Balaban J connectivity index is 2.13. The number of carbonyl (C=O) groups excluding carboxylic acids is 1. The van der Waals surface area contributed by atoms with Crippen molar-refractivity contribution in [1.82, 2.24) is 4.90 Å². The lowest BCUT2D eigenvalue weighted by atomic mass is 9.76. The zero-order chi connectivity index (χ0) is 16.2. The summed E-state index contributed by atoms with van der Waals surface area (Å²) in [7, 11) is 1.61. The van der Waals surface area contributed by atoms with Crippen molar-refractivity contribution >= 4 is 23.2 Å². The minimum Gasteiger partial charge on any atom is -0.481 e. The summed E-state index contributed by atoms with van der Waals surface area (Å²) in [5, 5.41) is 11.6. The van der Waals surface area contributed by atoms with Gasteiger partial charge in [-0.15, -0.1) is 11.3 Å². The Hall–Kier alpha value is -1.40. The molecule has 0 aromatic carbocycles.